The van der Waals surface area contributed by atoms with Gasteiger partial charge in [0.2, 0.25) is 0 Å². The van der Waals surface area contributed by atoms with Gasteiger partial charge >= 0.3 is 5.69 Å². The van der Waals surface area contributed by atoms with Gasteiger partial charge in [0.1, 0.15) is 17.2 Å². The first kappa shape index (κ1) is 18.6. The molecule has 26 heavy (non-hydrogen) atoms. The van der Waals surface area contributed by atoms with Crippen LogP contribution >= 0.6 is 11.6 Å². The van der Waals surface area contributed by atoms with Gasteiger partial charge in [0, 0.05) is 5.92 Å². The van der Waals surface area contributed by atoms with Crippen molar-refractivity contribution in [2.75, 3.05) is 0 Å². The number of rotatable bonds is 4. The quantitative estimate of drug-likeness (QED) is 0.427. The molecule has 1 amide bonds. The number of hydrogen-bond donors (Lipinski definition) is 3. The summed E-state index contributed by atoms with van der Waals surface area (Å²) in [5, 5.41) is 19.2. The summed E-state index contributed by atoms with van der Waals surface area (Å²) in [6, 6.07) is 1.47. The predicted octanol–water partition coefficient (Wildman–Crippen LogP) is 1.94. The summed E-state index contributed by atoms with van der Waals surface area (Å²) in [7, 11) is 0. The number of hydrogen-bond acceptors (Lipinski definition) is 5. The Morgan fingerprint density at radius 1 is 1.38 bits per heavy atom. The van der Waals surface area contributed by atoms with E-state index in [4.69, 9.17) is 11.6 Å². The zero-order valence-corrected chi connectivity index (χ0v) is 15.3. The van der Waals surface area contributed by atoms with Crippen LogP contribution in [-0.2, 0) is 0 Å². The molecule has 1 saturated carbocycles. The lowest BCUT2D eigenvalue weighted by Gasteiger charge is -2.22. The van der Waals surface area contributed by atoms with Crippen molar-refractivity contribution in [3.63, 3.8) is 0 Å². The van der Waals surface area contributed by atoms with Gasteiger partial charge in [-0.2, -0.15) is 5.10 Å². The summed E-state index contributed by atoms with van der Waals surface area (Å²) in [5.74, 6) is -0.0469. The lowest BCUT2D eigenvalue weighted by Crippen LogP contribution is -2.40. The standard InChI is InChI=1S/C17H22ClN5O3/c1-10-21-22-17(26)23(10)12-8-13(14(18)19-9-12)16(25)20-15(24)11-6-4-2-3-5-7-11/h8-9,11,15,24H,2-7H2,1H3,(H,20,25)(H,22,26). The van der Waals surface area contributed by atoms with Gasteiger partial charge in [-0.1, -0.05) is 37.3 Å². The van der Waals surface area contributed by atoms with Crippen LogP contribution in [0.25, 0.3) is 5.69 Å². The van der Waals surface area contributed by atoms with Crippen LogP contribution in [0.4, 0.5) is 0 Å². The Morgan fingerprint density at radius 3 is 2.69 bits per heavy atom. The summed E-state index contributed by atoms with van der Waals surface area (Å²) in [4.78, 5) is 28.5. The number of pyridine rings is 1. The fourth-order valence-electron chi connectivity index (χ4n) is 3.35. The molecular formula is C17H22ClN5O3. The topological polar surface area (TPSA) is 113 Å². The number of carbonyl (C=O) groups excluding carboxylic acids is 1. The van der Waals surface area contributed by atoms with E-state index in [1.165, 1.54) is 16.8 Å². The molecule has 0 bridgehead atoms. The van der Waals surface area contributed by atoms with E-state index in [1.54, 1.807) is 6.92 Å². The van der Waals surface area contributed by atoms with Crippen molar-refractivity contribution in [3.05, 3.63) is 39.3 Å². The first-order valence-electron chi connectivity index (χ1n) is 8.76. The minimum Gasteiger partial charge on any atom is -0.373 e. The largest absolute Gasteiger partial charge is 0.373 e. The van der Waals surface area contributed by atoms with Crippen LogP contribution < -0.4 is 11.0 Å². The summed E-state index contributed by atoms with van der Waals surface area (Å²) >= 11 is 6.06. The van der Waals surface area contributed by atoms with Crippen LogP contribution in [0.15, 0.2) is 17.1 Å². The summed E-state index contributed by atoms with van der Waals surface area (Å²) < 4.78 is 1.29. The van der Waals surface area contributed by atoms with E-state index in [0.717, 1.165) is 38.5 Å². The summed E-state index contributed by atoms with van der Waals surface area (Å²) in [5.41, 5.74) is 0.0422. The Morgan fingerprint density at radius 2 is 2.08 bits per heavy atom. The monoisotopic (exact) mass is 379 g/mol. The molecule has 3 N–H and O–H groups in total. The van der Waals surface area contributed by atoms with Crippen LogP contribution in [0, 0.1) is 12.8 Å². The highest BCUT2D eigenvalue weighted by Crippen LogP contribution is 2.25. The number of aryl methyl sites for hydroxylation is 1. The Hall–Kier alpha value is -2.19. The molecule has 2 heterocycles. The van der Waals surface area contributed by atoms with Gasteiger partial charge in [-0.3, -0.25) is 4.79 Å². The minimum absolute atomic E-state index is 0.00788. The molecule has 1 fully saturated rings. The van der Waals surface area contributed by atoms with Crippen LogP contribution in [0.5, 0.6) is 0 Å². The summed E-state index contributed by atoms with van der Waals surface area (Å²) in [6.45, 7) is 1.65. The summed E-state index contributed by atoms with van der Waals surface area (Å²) in [6.07, 6.45) is 6.66. The zero-order valence-electron chi connectivity index (χ0n) is 14.5. The number of H-pyrrole nitrogens is 1. The second kappa shape index (κ2) is 8.01. The second-order valence-electron chi connectivity index (χ2n) is 6.61. The average molecular weight is 380 g/mol. The van der Waals surface area contributed by atoms with Crippen molar-refractivity contribution in [1.29, 1.82) is 0 Å². The van der Waals surface area contributed by atoms with E-state index in [2.05, 4.69) is 20.5 Å². The molecule has 1 unspecified atom stereocenters. The molecule has 3 rings (SSSR count). The average Bonchev–Trinajstić information content (AvgIpc) is 2.81. The molecule has 2 aromatic heterocycles. The molecule has 0 aliphatic heterocycles. The third kappa shape index (κ3) is 3.96. The highest BCUT2D eigenvalue weighted by atomic mass is 35.5. The van der Waals surface area contributed by atoms with Crippen molar-refractivity contribution in [2.24, 2.45) is 5.92 Å². The van der Waals surface area contributed by atoms with Gasteiger partial charge in [0.15, 0.2) is 0 Å². The number of aromatic amines is 1. The van der Waals surface area contributed by atoms with E-state index >= 15 is 0 Å². The van der Waals surface area contributed by atoms with Crippen LogP contribution in [0.2, 0.25) is 5.15 Å². The molecule has 1 aliphatic carbocycles. The lowest BCUT2D eigenvalue weighted by molar-refractivity contribution is 0.0531. The molecule has 1 atom stereocenters. The fraction of sp³-hybridized carbons (Fsp3) is 0.529. The molecule has 0 saturated heterocycles. The van der Waals surface area contributed by atoms with Gasteiger partial charge in [0.05, 0.1) is 17.4 Å². The van der Waals surface area contributed by atoms with Gasteiger partial charge in [-0.05, 0) is 25.8 Å². The first-order chi connectivity index (χ1) is 12.5. The number of carbonyl (C=O) groups is 1. The SMILES string of the molecule is Cc1n[nH]c(=O)n1-c1cnc(Cl)c(C(=O)NC(O)C2CCCCCC2)c1. The van der Waals surface area contributed by atoms with E-state index in [-0.39, 0.29) is 16.6 Å². The van der Waals surface area contributed by atoms with Crippen molar-refractivity contribution < 1.29 is 9.90 Å². The van der Waals surface area contributed by atoms with Crippen LogP contribution in [0.3, 0.4) is 0 Å². The van der Waals surface area contributed by atoms with Gasteiger partial charge < -0.3 is 10.4 Å². The molecular weight excluding hydrogens is 358 g/mol. The molecule has 0 radical (unpaired) electrons. The highest BCUT2D eigenvalue weighted by Gasteiger charge is 2.24. The maximum Gasteiger partial charge on any atom is 0.347 e. The maximum absolute atomic E-state index is 12.6. The first-order valence-corrected chi connectivity index (χ1v) is 9.14. The van der Waals surface area contributed by atoms with E-state index < -0.39 is 17.8 Å². The van der Waals surface area contributed by atoms with Gasteiger partial charge in [-0.25, -0.2) is 19.4 Å². The Kier molecular flexibility index (Phi) is 5.73. The second-order valence-corrected chi connectivity index (χ2v) is 6.97. The number of aromatic nitrogens is 4. The lowest BCUT2D eigenvalue weighted by atomic mass is 9.98. The third-order valence-corrected chi connectivity index (χ3v) is 5.09. The van der Waals surface area contributed by atoms with Crippen molar-refractivity contribution in [1.82, 2.24) is 25.1 Å². The number of amides is 1. The Balaban J connectivity index is 1.80. The molecule has 9 heteroatoms. The maximum atomic E-state index is 12.6. The van der Waals surface area contributed by atoms with Gasteiger partial charge in [0.25, 0.3) is 5.91 Å². The number of aliphatic hydroxyl groups is 1. The molecule has 2 aromatic rings. The fourth-order valence-corrected chi connectivity index (χ4v) is 3.54. The van der Waals surface area contributed by atoms with E-state index in [1.807, 2.05) is 0 Å². The van der Waals surface area contributed by atoms with Crippen LogP contribution in [0.1, 0.15) is 54.7 Å². The molecule has 140 valence electrons. The van der Waals surface area contributed by atoms with Gasteiger partial charge in [-0.15, -0.1) is 0 Å². The van der Waals surface area contributed by atoms with E-state index in [0.29, 0.717) is 11.5 Å². The number of nitrogens with zero attached hydrogens (tertiary/aromatic N) is 3. The smallest absolute Gasteiger partial charge is 0.347 e. The predicted molar refractivity (Wildman–Crippen MR) is 96.4 cm³/mol. The molecule has 0 spiro atoms. The Bertz CT molecular complexity index is 839. The number of aliphatic hydroxyl groups excluding tert-OH is 1. The minimum atomic E-state index is -0.932. The van der Waals surface area contributed by atoms with Crippen molar-refractivity contribution in [3.8, 4) is 5.69 Å². The molecule has 1 aliphatic rings. The Labute approximate surface area is 155 Å². The number of nitrogens with one attached hydrogen (secondary N) is 2. The van der Waals surface area contributed by atoms with Crippen molar-refractivity contribution in [2.45, 2.75) is 51.7 Å². The van der Waals surface area contributed by atoms with Crippen molar-refractivity contribution >= 4 is 17.5 Å². The zero-order chi connectivity index (χ0) is 18.7. The van der Waals surface area contributed by atoms with Crippen LogP contribution in [-0.4, -0.2) is 37.0 Å². The third-order valence-electron chi connectivity index (χ3n) is 4.79. The molecule has 0 aromatic carbocycles. The molecule has 8 nitrogen and oxygen atoms in total. The normalized spacial score (nSPS) is 16.9. The van der Waals surface area contributed by atoms with E-state index in [9.17, 15) is 14.7 Å². The number of halogens is 1. The highest BCUT2D eigenvalue weighted by molar-refractivity contribution is 6.32.